The Hall–Kier alpha value is -1.87. The van der Waals surface area contributed by atoms with E-state index in [0.29, 0.717) is 0 Å². The molecule has 3 rings (SSSR count). The van der Waals surface area contributed by atoms with Crippen molar-refractivity contribution in [3.8, 4) is 0 Å². The third-order valence-corrected chi connectivity index (χ3v) is 4.00. The summed E-state index contributed by atoms with van der Waals surface area (Å²) in [6.07, 6.45) is 1.94. The fourth-order valence-electron chi connectivity index (χ4n) is 2.77. The highest BCUT2D eigenvalue weighted by molar-refractivity contribution is 5.23. The third-order valence-electron chi connectivity index (χ3n) is 4.00. The van der Waals surface area contributed by atoms with Crippen LogP contribution in [0.3, 0.4) is 0 Å². The van der Waals surface area contributed by atoms with E-state index in [4.69, 9.17) is 0 Å². The van der Waals surface area contributed by atoms with Gasteiger partial charge in [-0.15, -0.1) is 0 Å². The highest BCUT2D eigenvalue weighted by Crippen LogP contribution is 2.14. The number of nitrogens with zero attached hydrogens (tertiary/aromatic N) is 1. The summed E-state index contributed by atoms with van der Waals surface area (Å²) in [5.41, 5.74) is 5.07. The first kappa shape index (κ1) is 13.1. The van der Waals surface area contributed by atoms with Gasteiger partial charge in [0.05, 0.1) is 0 Å². The molecule has 1 aliphatic rings. The second-order valence-corrected chi connectivity index (χ2v) is 5.59. The number of aromatic nitrogens is 1. The lowest BCUT2D eigenvalue weighted by molar-refractivity contribution is 0.279. The van der Waals surface area contributed by atoms with Crippen LogP contribution in [0.25, 0.3) is 0 Å². The van der Waals surface area contributed by atoms with E-state index in [1.165, 1.54) is 16.7 Å². The molecule has 0 fully saturated rings. The van der Waals surface area contributed by atoms with Gasteiger partial charge in [0.15, 0.2) is 0 Å². The average molecular weight is 268 g/mol. The van der Waals surface area contributed by atoms with E-state index in [0.717, 1.165) is 38.2 Å². The van der Waals surface area contributed by atoms with Crippen molar-refractivity contribution in [1.82, 2.24) is 9.88 Å². The Morgan fingerprint density at radius 3 is 2.60 bits per heavy atom. The Bertz CT molecular complexity index is 643. The van der Waals surface area contributed by atoms with Crippen molar-refractivity contribution in [3.05, 3.63) is 69.1 Å². The fraction of sp³-hybridized carbons (Fsp3) is 0.353. The van der Waals surface area contributed by atoms with Crippen molar-refractivity contribution in [2.24, 2.45) is 0 Å². The zero-order valence-corrected chi connectivity index (χ0v) is 11.9. The summed E-state index contributed by atoms with van der Waals surface area (Å²) in [7, 11) is 0. The number of aromatic amines is 1. The first-order valence-corrected chi connectivity index (χ1v) is 7.20. The SMILES string of the molecule is Cc1ccc(CN2CCc3ccc(=O)[nH]c3CC2)cc1. The van der Waals surface area contributed by atoms with E-state index < -0.39 is 0 Å². The van der Waals surface area contributed by atoms with Crippen LogP contribution >= 0.6 is 0 Å². The van der Waals surface area contributed by atoms with Gasteiger partial charge in [0.25, 0.3) is 0 Å². The molecule has 104 valence electrons. The van der Waals surface area contributed by atoms with E-state index >= 15 is 0 Å². The molecule has 0 saturated carbocycles. The number of H-pyrrole nitrogens is 1. The molecule has 1 N–H and O–H groups in total. The van der Waals surface area contributed by atoms with Crippen LogP contribution < -0.4 is 5.56 Å². The van der Waals surface area contributed by atoms with E-state index in [-0.39, 0.29) is 5.56 Å². The van der Waals surface area contributed by atoms with E-state index in [1.54, 1.807) is 6.07 Å². The summed E-state index contributed by atoms with van der Waals surface area (Å²) in [6.45, 7) is 5.15. The van der Waals surface area contributed by atoms with Crippen molar-refractivity contribution in [2.75, 3.05) is 13.1 Å². The molecule has 1 aromatic carbocycles. The summed E-state index contributed by atoms with van der Waals surface area (Å²) in [4.78, 5) is 16.8. The number of nitrogens with one attached hydrogen (secondary N) is 1. The summed E-state index contributed by atoms with van der Waals surface area (Å²) >= 11 is 0. The number of pyridine rings is 1. The van der Waals surface area contributed by atoms with Gasteiger partial charge in [0, 0.05) is 37.8 Å². The highest BCUT2D eigenvalue weighted by Gasteiger charge is 2.14. The average Bonchev–Trinajstić information content (AvgIpc) is 2.64. The van der Waals surface area contributed by atoms with Gasteiger partial charge >= 0.3 is 0 Å². The predicted molar refractivity (Wildman–Crippen MR) is 80.9 cm³/mol. The standard InChI is InChI=1S/C17H20N2O/c1-13-2-4-14(5-3-13)12-19-10-8-15-6-7-17(20)18-16(15)9-11-19/h2-7H,8-12H2,1H3,(H,18,20). The molecule has 20 heavy (non-hydrogen) atoms. The number of rotatable bonds is 2. The highest BCUT2D eigenvalue weighted by atomic mass is 16.1. The Labute approximate surface area is 119 Å². The van der Waals surface area contributed by atoms with Gasteiger partial charge in [0.1, 0.15) is 0 Å². The summed E-state index contributed by atoms with van der Waals surface area (Å²) < 4.78 is 0. The zero-order valence-electron chi connectivity index (χ0n) is 11.9. The molecule has 0 radical (unpaired) electrons. The Morgan fingerprint density at radius 2 is 1.80 bits per heavy atom. The molecule has 1 aromatic heterocycles. The van der Waals surface area contributed by atoms with Crippen molar-refractivity contribution >= 4 is 0 Å². The van der Waals surface area contributed by atoms with Crippen molar-refractivity contribution in [2.45, 2.75) is 26.3 Å². The minimum atomic E-state index is 0.00994. The fourth-order valence-corrected chi connectivity index (χ4v) is 2.77. The van der Waals surface area contributed by atoms with Gasteiger partial charge in [-0.2, -0.15) is 0 Å². The van der Waals surface area contributed by atoms with E-state index in [2.05, 4.69) is 41.1 Å². The van der Waals surface area contributed by atoms with Crippen molar-refractivity contribution < 1.29 is 0 Å². The summed E-state index contributed by atoms with van der Waals surface area (Å²) in [5, 5.41) is 0. The lowest BCUT2D eigenvalue weighted by Gasteiger charge is -2.19. The molecule has 3 heteroatoms. The van der Waals surface area contributed by atoms with Crippen LogP contribution in [0.5, 0.6) is 0 Å². The molecule has 2 aromatic rings. The van der Waals surface area contributed by atoms with Gasteiger partial charge in [-0.05, 0) is 24.5 Å². The molecular formula is C17H20N2O. The molecule has 0 bridgehead atoms. The second kappa shape index (κ2) is 5.63. The number of aryl methyl sites for hydroxylation is 1. The smallest absolute Gasteiger partial charge is 0.248 e. The monoisotopic (exact) mass is 268 g/mol. The summed E-state index contributed by atoms with van der Waals surface area (Å²) in [6, 6.07) is 12.3. The molecule has 0 amide bonds. The molecule has 2 heterocycles. The molecule has 0 atom stereocenters. The maximum atomic E-state index is 11.4. The topological polar surface area (TPSA) is 36.1 Å². The molecule has 0 aliphatic carbocycles. The number of benzene rings is 1. The van der Waals surface area contributed by atoms with Crippen LogP contribution in [0.15, 0.2) is 41.2 Å². The van der Waals surface area contributed by atoms with E-state index in [1.807, 2.05) is 6.07 Å². The predicted octanol–water partition coefficient (Wildman–Crippen LogP) is 2.28. The zero-order chi connectivity index (χ0) is 13.9. The minimum absolute atomic E-state index is 0.00994. The Morgan fingerprint density at radius 1 is 1.05 bits per heavy atom. The summed E-state index contributed by atoms with van der Waals surface area (Å²) in [5.74, 6) is 0. The lowest BCUT2D eigenvalue weighted by Crippen LogP contribution is -2.25. The maximum Gasteiger partial charge on any atom is 0.248 e. The Kier molecular flexibility index (Phi) is 3.70. The number of hydrogen-bond donors (Lipinski definition) is 1. The minimum Gasteiger partial charge on any atom is -0.326 e. The van der Waals surface area contributed by atoms with Crippen molar-refractivity contribution in [1.29, 1.82) is 0 Å². The van der Waals surface area contributed by atoms with Crippen LogP contribution in [-0.4, -0.2) is 23.0 Å². The van der Waals surface area contributed by atoms with Gasteiger partial charge in [-0.25, -0.2) is 0 Å². The van der Waals surface area contributed by atoms with Gasteiger partial charge < -0.3 is 4.98 Å². The first-order chi connectivity index (χ1) is 9.70. The van der Waals surface area contributed by atoms with E-state index in [9.17, 15) is 4.79 Å². The molecule has 0 spiro atoms. The maximum absolute atomic E-state index is 11.4. The molecule has 3 nitrogen and oxygen atoms in total. The number of fused-ring (bicyclic) bond motifs is 1. The largest absolute Gasteiger partial charge is 0.326 e. The van der Waals surface area contributed by atoms with Crippen LogP contribution in [0.4, 0.5) is 0 Å². The first-order valence-electron chi connectivity index (χ1n) is 7.20. The van der Waals surface area contributed by atoms with Crippen LogP contribution in [0, 0.1) is 6.92 Å². The van der Waals surface area contributed by atoms with Gasteiger partial charge in [-0.3, -0.25) is 9.69 Å². The molecular weight excluding hydrogens is 248 g/mol. The second-order valence-electron chi connectivity index (χ2n) is 5.59. The van der Waals surface area contributed by atoms with Crippen LogP contribution in [0.1, 0.15) is 22.4 Å². The van der Waals surface area contributed by atoms with Gasteiger partial charge in [0.2, 0.25) is 5.56 Å². The quantitative estimate of drug-likeness (QED) is 0.907. The Balaban J connectivity index is 1.70. The molecule has 1 aliphatic heterocycles. The molecule has 0 saturated heterocycles. The van der Waals surface area contributed by atoms with Crippen LogP contribution in [0.2, 0.25) is 0 Å². The molecule has 0 unspecified atom stereocenters. The third kappa shape index (κ3) is 2.99. The van der Waals surface area contributed by atoms with Crippen molar-refractivity contribution in [3.63, 3.8) is 0 Å². The lowest BCUT2D eigenvalue weighted by atomic mass is 10.1. The number of hydrogen-bond acceptors (Lipinski definition) is 2. The van der Waals surface area contributed by atoms with Gasteiger partial charge in [-0.1, -0.05) is 35.9 Å². The van der Waals surface area contributed by atoms with Crippen LogP contribution in [-0.2, 0) is 19.4 Å². The normalized spacial score (nSPS) is 15.7.